The van der Waals surface area contributed by atoms with Crippen LogP contribution in [0.25, 0.3) is 27.9 Å². The summed E-state index contributed by atoms with van der Waals surface area (Å²) < 4.78 is 2.35. The molecule has 38 heavy (non-hydrogen) atoms. The molecule has 0 bridgehead atoms. The second kappa shape index (κ2) is 9.97. The van der Waals surface area contributed by atoms with Gasteiger partial charge in [0.05, 0.1) is 40.6 Å². The highest BCUT2D eigenvalue weighted by atomic mass is 15.3. The van der Waals surface area contributed by atoms with Crippen LogP contribution in [0.4, 0.5) is 5.69 Å². The van der Waals surface area contributed by atoms with E-state index in [1.807, 2.05) is 12.5 Å². The van der Waals surface area contributed by atoms with E-state index in [0.717, 1.165) is 80.4 Å². The number of imidazole rings is 1. The SMILES string of the molecule is CCN1CCN(c2ccc(-c3cnc4c(n3)C(c3ccc5ncn(C6CCCNC6)c5c3)=CC4)cc2)CC1. The Morgan fingerprint density at radius 3 is 2.61 bits per heavy atom. The highest BCUT2D eigenvalue weighted by Gasteiger charge is 2.22. The van der Waals surface area contributed by atoms with Crippen LogP contribution in [-0.2, 0) is 6.42 Å². The van der Waals surface area contributed by atoms with Crippen molar-refractivity contribution in [1.29, 1.82) is 0 Å². The summed E-state index contributed by atoms with van der Waals surface area (Å²) in [5.74, 6) is 0. The van der Waals surface area contributed by atoms with Crippen LogP contribution in [0.15, 0.2) is 61.1 Å². The van der Waals surface area contributed by atoms with Crippen LogP contribution in [0.5, 0.6) is 0 Å². The number of nitrogens with one attached hydrogen (secondary N) is 1. The van der Waals surface area contributed by atoms with Crippen LogP contribution in [-0.4, -0.2) is 70.2 Å². The third kappa shape index (κ3) is 4.29. The van der Waals surface area contributed by atoms with Crippen molar-refractivity contribution < 1.29 is 0 Å². The highest BCUT2D eigenvalue weighted by Crippen LogP contribution is 2.34. The van der Waals surface area contributed by atoms with Gasteiger partial charge in [-0.25, -0.2) is 9.97 Å². The van der Waals surface area contributed by atoms with Crippen molar-refractivity contribution in [2.24, 2.45) is 0 Å². The molecular weight excluding hydrogens is 470 g/mol. The van der Waals surface area contributed by atoms with Crippen molar-refractivity contribution in [1.82, 2.24) is 29.7 Å². The largest absolute Gasteiger partial charge is 0.369 e. The Labute approximate surface area is 224 Å². The van der Waals surface area contributed by atoms with Gasteiger partial charge >= 0.3 is 0 Å². The van der Waals surface area contributed by atoms with Gasteiger partial charge in [-0.05, 0) is 55.8 Å². The number of likely N-dealkylation sites (N-methyl/N-ethyl adjacent to an activating group) is 1. The number of allylic oxidation sites excluding steroid dienone is 1. The van der Waals surface area contributed by atoms with Crippen molar-refractivity contribution in [3.8, 4) is 11.3 Å². The van der Waals surface area contributed by atoms with Crippen LogP contribution < -0.4 is 10.2 Å². The average Bonchev–Trinajstić information content (AvgIpc) is 3.61. The number of anilines is 1. The Kier molecular flexibility index (Phi) is 6.18. The van der Waals surface area contributed by atoms with E-state index in [9.17, 15) is 0 Å². The Hall–Kier alpha value is -3.55. The summed E-state index contributed by atoms with van der Waals surface area (Å²) in [6.07, 6.45) is 9.43. The monoisotopic (exact) mass is 505 g/mol. The lowest BCUT2D eigenvalue weighted by Gasteiger charge is -2.35. The molecule has 3 aliphatic rings. The minimum absolute atomic E-state index is 0.457. The molecule has 194 valence electrons. The van der Waals surface area contributed by atoms with E-state index in [1.165, 1.54) is 35.2 Å². The van der Waals surface area contributed by atoms with Gasteiger partial charge in [0.2, 0.25) is 0 Å². The predicted octanol–water partition coefficient (Wildman–Crippen LogP) is 4.55. The van der Waals surface area contributed by atoms with E-state index in [-0.39, 0.29) is 0 Å². The van der Waals surface area contributed by atoms with Gasteiger partial charge in [-0.2, -0.15) is 0 Å². The summed E-state index contributed by atoms with van der Waals surface area (Å²) in [6.45, 7) is 9.92. The van der Waals surface area contributed by atoms with Gasteiger partial charge in [-0.1, -0.05) is 31.2 Å². The summed E-state index contributed by atoms with van der Waals surface area (Å²) in [4.78, 5) is 19.7. The third-order valence-corrected chi connectivity index (χ3v) is 8.50. The number of piperazine rings is 1. The molecule has 0 saturated carbocycles. The number of aromatic nitrogens is 4. The fourth-order valence-corrected chi connectivity index (χ4v) is 6.19. The van der Waals surface area contributed by atoms with Crippen LogP contribution in [0.1, 0.15) is 42.8 Å². The molecule has 1 N–H and O–H groups in total. The predicted molar refractivity (Wildman–Crippen MR) is 153 cm³/mol. The molecule has 7 nitrogen and oxygen atoms in total. The van der Waals surface area contributed by atoms with E-state index in [2.05, 4.69) is 75.1 Å². The van der Waals surface area contributed by atoms with Gasteiger partial charge < -0.3 is 19.7 Å². The first-order valence-electron chi connectivity index (χ1n) is 14.1. The minimum Gasteiger partial charge on any atom is -0.369 e. The lowest BCUT2D eigenvalue weighted by molar-refractivity contribution is 0.271. The van der Waals surface area contributed by atoms with Crippen molar-refractivity contribution >= 4 is 22.3 Å². The highest BCUT2D eigenvalue weighted by molar-refractivity contribution is 5.88. The van der Waals surface area contributed by atoms with Crippen molar-refractivity contribution in [2.45, 2.75) is 32.2 Å². The summed E-state index contributed by atoms with van der Waals surface area (Å²) in [6, 6.07) is 15.9. The summed E-state index contributed by atoms with van der Waals surface area (Å²) in [7, 11) is 0. The van der Waals surface area contributed by atoms with E-state index in [4.69, 9.17) is 15.0 Å². The van der Waals surface area contributed by atoms with Crippen LogP contribution in [0.3, 0.4) is 0 Å². The smallest absolute Gasteiger partial charge is 0.0961 e. The Morgan fingerprint density at radius 1 is 0.974 bits per heavy atom. The summed E-state index contributed by atoms with van der Waals surface area (Å²) in [5.41, 5.74) is 10.0. The quantitative estimate of drug-likeness (QED) is 0.430. The zero-order valence-electron chi connectivity index (χ0n) is 22.1. The molecule has 7 rings (SSSR count). The van der Waals surface area contributed by atoms with Gasteiger partial charge in [0.1, 0.15) is 0 Å². The lowest BCUT2D eigenvalue weighted by Crippen LogP contribution is -2.46. The fourth-order valence-electron chi connectivity index (χ4n) is 6.19. The Morgan fingerprint density at radius 2 is 1.82 bits per heavy atom. The number of piperidine rings is 1. The minimum atomic E-state index is 0.457. The summed E-state index contributed by atoms with van der Waals surface area (Å²) >= 11 is 0. The molecule has 2 aromatic carbocycles. The fraction of sp³-hybridized carbons (Fsp3) is 0.387. The molecule has 2 aliphatic heterocycles. The maximum atomic E-state index is 5.14. The third-order valence-electron chi connectivity index (χ3n) is 8.50. The number of nitrogens with zero attached hydrogens (tertiary/aromatic N) is 6. The Balaban J connectivity index is 1.15. The van der Waals surface area contributed by atoms with Gasteiger partial charge in [0.15, 0.2) is 0 Å². The van der Waals surface area contributed by atoms with E-state index < -0.39 is 0 Å². The zero-order chi connectivity index (χ0) is 25.5. The number of fused-ring (bicyclic) bond motifs is 2. The van der Waals surface area contributed by atoms with E-state index >= 15 is 0 Å². The normalized spacial score (nSPS) is 20.1. The first-order chi connectivity index (χ1) is 18.8. The second-order valence-electron chi connectivity index (χ2n) is 10.7. The molecule has 1 aliphatic carbocycles. The molecular formula is C31H35N7. The summed E-state index contributed by atoms with van der Waals surface area (Å²) in [5, 5.41) is 3.54. The number of benzene rings is 2. The molecule has 2 aromatic heterocycles. The molecule has 7 heteroatoms. The van der Waals surface area contributed by atoms with Crippen LogP contribution >= 0.6 is 0 Å². The standard InChI is InChI=1S/C31H35N7/c1-2-36-14-16-37(17-15-36)24-8-5-22(6-9-24)29-20-33-28-12-10-26(31(28)35-29)23-7-11-27-30(18-23)38(21-34-27)25-4-3-13-32-19-25/h5-11,18,20-21,25,32H,2-4,12-17,19H2,1H3. The van der Waals surface area contributed by atoms with Gasteiger partial charge in [-0.15, -0.1) is 0 Å². The Bertz CT molecular complexity index is 1470. The molecule has 1 unspecified atom stereocenters. The topological polar surface area (TPSA) is 62.1 Å². The molecule has 1 atom stereocenters. The molecule has 2 fully saturated rings. The molecule has 0 amide bonds. The average molecular weight is 506 g/mol. The number of hydrogen-bond donors (Lipinski definition) is 1. The zero-order valence-corrected chi connectivity index (χ0v) is 22.1. The molecule has 4 aromatic rings. The lowest BCUT2D eigenvalue weighted by atomic mass is 10.0. The van der Waals surface area contributed by atoms with Crippen molar-refractivity contribution in [3.05, 3.63) is 78.0 Å². The molecule has 4 heterocycles. The van der Waals surface area contributed by atoms with Crippen molar-refractivity contribution in [2.75, 3.05) is 50.7 Å². The van der Waals surface area contributed by atoms with E-state index in [1.54, 1.807) is 0 Å². The first kappa shape index (κ1) is 23.6. The number of hydrogen-bond acceptors (Lipinski definition) is 6. The van der Waals surface area contributed by atoms with Gasteiger partial charge in [0.25, 0.3) is 0 Å². The van der Waals surface area contributed by atoms with E-state index in [0.29, 0.717) is 6.04 Å². The van der Waals surface area contributed by atoms with Gasteiger partial charge in [0, 0.05) is 62.0 Å². The van der Waals surface area contributed by atoms with Gasteiger partial charge in [-0.3, -0.25) is 4.98 Å². The molecule has 2 saturated heterocycles. The second-order valence-corrected chi connectivity index (χ2v) is 10.7. The van der Waals surface area contributed by atoms with Crippen LogP contribution in [0, 0.1) is 0 Å². The molecule has 0 spiro atoms. The van der Waals surface area contributed by atoms with Crippen LogP contribution in [0.2, 0.25) is 0 Å². The first-order valence-corrected chi connectivity index (χ1v) is 14.1. The maximum absolute atomic E-state index is 5.14. The van der Waals surface area contributed by atoms with Crippen molar-refractivity contribution in [3.63, 3.8) is 0 Å². The molecule has 0 radical (unpaired) electrons. The number of rotatable bonds is 5. The maximum Gasteiger partial charge on any atom is 0.0961 e.